The SMILES string of the molecule is c1cc2c(c([C]3CC3)c1)CC2. The van der Waals surface area contributed by atoms with Crippen LogP contribution in [-0.2, 0) is 12.8 Å². The van der Waals surface area contributed by atoms with Gasteiger partial charge in [-0.2, -0.15) is 0 Å². The first-order valence-corrected chi connectivity index (χ1v) is 4.41. The van der Waals surface area contributed by atoms with Crippen molar-refractivity contribution in [3.05, 3.63) is 40.8 Å². The Hall–Kier alpha value is -0.780. The third kappa shape index (κ3) is 0.756. The Morgan fingerprint density at radius 3 is 2.45 bits per heavy atom. The maximum absolute atomic E-state index is 2.29. The molecule has 0 spiro atoms. The molecule has 1 aromatic carbocycles. The molecule has 0 heterocycles. The zero-order valence-electron chi connectivity index (χ0n) is 6.56. The minimum Gasteiger partial charge on any atom is -0.0617 e. The van der Waals surface area contributed by atoms with E-state index in [0.717, 1.165) is 0 Å². The highest BCUT2D eigenvalue weighted by molar-refractivity contribution is 5.51. The average Bonchev–Trinajstić information content (AvgIpc) is 2.72. The molecule has 0 amide bonds. The molecule has 0 aliphatic heterocycles. The molecule has 55 valence electrons. The van der Waals surface area contributed by atoms with Gasteiger partial charge >= 0.3 is 0 Å². The molecule has 0 unspecified atom stereocenters. The molecule has 0 N–H and O–H groups in total. The molecule has 2 aliphatic carbocycles. The van der Waals surface area contributed by atoms with Gasteiger partial charge in [0.1, 0.15) is 0 Å². The lowest BCUT2D eigenvalue weighted by atomic mass is 9.83. The molecule has 0 saturated heterocycles. The lowest BCUT2D eigenvalue weighted by molar-refractivity contribution is 0.828. The van der Waals surface area contributed by atoms with E-state index in [1.54, 1.807) is 22.6 Å². The second kappa shape index (κ2) is 1.88. The summed E-state index contributed by atoms with van der Waals surface area (Å²) < 4.78 is 0. The van der Waals surface area contributed by atoms with Crippen molar-refractivity contribution in [3.63, 3.8) is 0 Å². The van der Waals surface area contributed by atoms with Crippen LogP contribution in [0.1, 0.15) is 29.5 Å². The molecule has 3 rings (SSSR count). The molecular weight excluding hydrogens is 132 g/mol. The van der Waals surface area contributed by atoms with E-state index >= 15 is 0 Å². The number of benzene rings is 1. The quantitative estimate of drug-likeness (QED) is 0.566. The molecule has 0 bridgehead atoms. The van der Waals surface area contributed by atoms with E-state index in [0.29, 0.717) is 0 Å². The molecule has 0 heteroatoms. The highest BCUT2D eigenvalue weighted by Gasteiger charge is 2.29. The van der Waals surface area contributed by atoms with Gasteiger partial charge in [0.15, 0.2) is 0 Å². The Balaban J connectivity index is 2.14. The summed E-state index contributed by atoms with van der Waals surface area (Å²) in [5.74, 6) is 1.70. The Morgan fingerprint density at radius 1 is 0.909 bits per heavy atom. The maximum atomic E-state index is 2.29. The average molecular weight is 143 g/mol. The lowest BCUT2D eigenvalue weighted by Crippen LogP contribution is -2.10. The van der Waals surface area contributed by atoms with Crippen LogP contribution >= 0.6 is 0 Å². The van der Waals surface area contributed by atoms with Gasteiger partial charge in [-0.05, 0) is 42.4 Å². The highest BCUT2D eigenvalue weighted by atomic mass is 14.3. The topological polar surface area (TPSA) is 0 Å². The monoisotopic (exact) mass is 143 g/mol. The number of hydrogen-bond donors (Lipinski definition) is 0. The van der Waals surface area contributed by atoms with Crippen LogP contribution in [0.25, 0.3) is 0 Å². The van der Waals surface area contributed by atoms with Crippen LogP contribution in [0.3, 0.4) is 0 Å². The van der Waals surface area contributed by atoms with E-state index in [1.807, 2.05) is 0 Å². The second-order valence-electron chi connectivity index (χ2n) is 3.55. The van der Waals surface area contributed by atoms with Gasteiger partial charge in [0.05, 0.1) is 0 Å². The zero-order chi connectivity index (χ0) is 7.26. The fraction of sp³-hybridized carbons (Fsp3) is 0.364. The second-order valence-corrected chi connectivity index (χ2v) is 3.55. The number of aryl methyl sites for hydroxylation is 1. The summed E-state index contributed by atoms with van der Waals surface area (Å²) in [5, 5.41) is 0. The Morgan fingerprint density at radius 2 is 1.82 bits per heavy atom. The first kappa shape index (κ1) is 5.82. The van der Waals surface area contributed by atoms with Crippen molar-refractivity contribution in [3.8, 4) is 0 Å². The summed E-state index contributed by atoms with van der Waals surface area (Å²) in [6, 6.07) is 6.77. The maximum Gasteiger partial charge on any atom is 0.00534 e. The van der Waals surface area contributed by atoms with Gasteiger partial charge < -0.3 is 0 Å². The number of hydrogen-bond acceptors (Lipinski definition) is 0. The van der Waals surface area contributed by atoms with Crippen LogP contribution in [0, 0.1) is 5.92 Å². The Labute approximate surface area is 67.2 Å². The van der Waals surface area contributed by atoms with E-state index < -0.39 is 0 Å². The largest absolute Gasteiger partial charge is 0.0617 e. The minimum absolute atomic E-state index is 1.32. The smallest absolute Gasteiger partial charge is 0.00534 e. The van der Waals surface area contributed by atoms with E-state index in [1.165, 1.54) is 25.7 Å². The molecule has 0 atom stereocenters. The predicted octanol–water partition coefficient (Wildman–Crippen LogP) is 2.50. The molecule has 1 aromatic rings. The molecule has 1 saturated carbocycles. The highest BCUT2D eigenvalue weighted by Crippen LogP contribution is 2.43. The van der Waals surface area contributed by atoms with Crippen LogP contribution in [-0.4, -0.2) is 0 Å². The van der Waals surface area contributed by atoms with Gasteiger partial charge in [-0.25, -0.2) is 0 Å². The molecule has 0 nitrogen and oxygen atoms in total. The van der Waals surface area contributed by atoms with Gasteiger partial charge in [0.2, 0.25) is 0 Å². The van der Waals surface area contributed by atoms with Gasteiger partial charge in [-0.3, -0.25) is 0 Å². The molecule has 0 aromatic heterocycles. The lowest BCUT2D eigenvalue weighted by Gasteiger charge is -2.21. The normalized spacial score (nSPS) is 20.7. The van der Waals surface area contributed by atoms with Crippen LogP contribution in [0.5, 0.6) is 0 Å². The van der Waals surface area contributed by atoms with Crippen molar-refractivity contribution < 1.29 is 0 Å². The molecule has 11 heavy (non-hydrogen) atoms. The van der Waals surface area contributed by atoms with Gasteiger partial charge in [0, 0.05) is 5.92 Å². The first-order valence-electron chi connectivity index (χ1n) is 4.41. The van der Waals surface area contributed by atoms with Crippen LogP contribution in [0.4, 0.5) is 0 Å². The van der Waals surface area contributed by atoms with Crippen molar-refractivity contribution >= 4 is 0 Å². The van der Waals surface area contributed by atoms with E-state index in [-0.39, 0.29) is 0 Å². The zero-order valence-corrected chi connectivity index (χ0v) is 6.56. The van der Waals surface area contributed by atoms with Crippen LogP contribution < -0.4 is 0 Å². The fourth-order valence-electron chi connectivity index (χ4n) is 1.91. The van der Waals surface area contributed by atoms with Crippen molar-refractivity contribution in [2.45, 2.75) is 25.7 Å². The van der Waals surface area contributed by atoms with E-state index in [2.05, 4.69) is 18.2 Å². The van der Waals surface area contributed by atoms with Crippen LogP contribution in [0.15, 0.2) is 18.2 Å². The third-order valence-electron chi connectivity index (χ3n) is 2.80. The Bertz CT molecular complexity index is 295. The number of fused-ring (bicyclic) bond motifs is 1. The van der Waals surface area contributed by atoms with Gasteiger partial charge in [-0.1, -0.05) is 18.2 Å². The summed E-state index contributed by atoms with van der Waals surface area (Å²) in [7, 11) is 0. The minimum atomic E-state index is 1.32. The van der Waals surface area contributed by atoms with E-state index in [9.17, 15) is 0 Å². The van der Waals surface area contributed by atoms with E-state index in [4.69, 9.17) is 0 Å². The number of rotatable bonds is 1. The predicted molar refractivity (Wildman–Crippen MR) is 45.4 cm³/mol. The van der Waals surface area contributed by atoms with Gasteiger partial charge in [0.25, 0.3) is 0 Å². The standard InChI is InChI=1S/C11H11/c1-2-8-6-7-11(8)10(3-1)9-4-5-9/h1-3H,4-7H2. The summed E-state index contributed by atoms with van der Waals surface area (Å²) in [5.41, 5.74) is 4.84. The van der Waals surface area contributed by atoms with Crippen LogP contribution in [0.2, 0.25) is 0 Å². The molecule has 1 fully saturated rings. The Kier molecular flexibility index (Phi) is 0.993. The van der Waals surface area contributed by atoms with Crippen molar-refractivity contribution in [1.82, 2.24) is 0 Å². The third-order valence-corrected chi connectivity index (χ3v) is 2.80. The molecule has 1 radical (unpaired) electrons. The first-order chi connectivity index (χ1) is 5.45. The molecular formula is C11H11. The van der Waals surface area contributed by atoms with Gasteiger partial charge in [-0.15, -0.1) is 0 Å². The van der Waals surface area contributed by atoms with Crippen molar-refractivity contribution in [2.24, 2.45) is 0 Å². The van der Waals surface area contributed by atoms with Crippen molar-refractivity contribution in [2.75, 3.05) is 0 Å². The fourth-order valence-corrected chi connectivity index (χ4v) is 1.91. The summed E-state index contributed by atoms with van der Waals surface area (Å²) in [6.45, 7) is 0. The summed E-state index contributed by atoms with van der Waals surface area (Å²) in [6.07, 6.45) is 5.36. The summed E-state index contributed by atoms with van der Waals surface area (Å²) in [4.78, 5) is 0. The summed E-state index contributed by atoms with van der Waals surface area (Å²) >= 11 is 0. The van der Waals surface area contributed by atoms with Crippen molar-refractivity contribution in [1.29, 1.82) is 0 Å². The molecule has 2 aliphatic rings.